The molecule has 3 amide bonds. The molecule has 1 atom stereocenters. The standard InChI is InChI=1S/C22H24ClN3O4/c23-21(28)26-13-11-25(12-14-26)20(27)19(15-17-7-3-1-4-8-17)24-22(29)30-16-18-9-5-2-6-10-18/h1-10,19H,11-16H2,(H,24,29)/t19-/m1/s1. The number of rotatable bonds is 6. The van der Waals surface area contributed by atoms with Gasteiger partial charge in [0.25, 0.3) is 0 Å². The van der Waals surface area contributed by atoms with E-state index < -0.39 is 17.5 Å². The predicted octanol–water partition coefficient (Wildman–Crippen LogP) is 3.03. The number of benzene rings is 2. The van der Waals surface area contributed by atoms with E-state index in [9.17, 15) is 14.4 Å². The van der Waals surface area contributed by atoms with E-state index in [0.717, 1.165) is 11.1 Å². The number of nitrogens with one attached hydrogen (secondary N) is 1. The largest absolute Gasteiger partial charge is 0.445 e. The third-order valence-electron chi connectivity index (χ3n) is 4.93. The van der Waals surface area contributed by atoms with Crippen molar-refractivity contribution < 1.29 is 19.1 Å². The fraction of sp³-hybridized carbons (Fsp3) is 0.318. The molecule has 2 aromatic carbocycles. The highest BCUT2D eigenvalue weighted by Gasteiger charge is 2.30. The molecule has 0 aliphatic carbocycles. The summed E-state index contributed by atoms with van der Waals surface area (Å²) in [5.41, 5.74) is 1.79. The van der Waals surface area contributed by atoms with Crippen LogP contribution in [0.4, 0.5) is 9.59 Å². The molecule has 158 valence electrons. The lowest BCUT2D eigenvalue weighted by atomic mass is 10.0. The molecule has 8 heteroatoms. The molecule has 0 spiro atoms. The molecular formula is C22H24ClN3O4. The van der Waals surface area contributed by atoms with Crippen LogP contribution in [0.1, 0.15) is 11.1 Å². The number of amides is 3. The Morgan fingerprint density at radius 3 is 1.97 bits per heavy atom. The topological polar surface area (TPSA) is 79.0 Å². The molecule has 1 saturated heterocycles. The molecule has 30 heavy (non-hydrogen) atoms. The molecule has 3 rings (SSSR count). The SMILES string of the molecule is O=C(N[C@H](Cc1ccccc1)C(=O)N1CCN(C(=O)Cl)CC1)OCc1ccccc1. The molecule has 7 nitrogen and oxygen atoms in total. The van der Waals surface area contributed by atoms with Crippen molar-refractivity contribution in [2.45, 2.75) is 19.1 Å². The molecular weight excluding hydrogens is 406 g/mol. The van der Waals surface area contributed by atoms with Gasteiger partial charge in [-0.05, 0) is 22.7 Å². The number of piperazine rings is 1. The molecule has 1 fully saturated rings. The Balaban J connectivity index is 1.63. The molecule has 1 aliphatic rings. The summed E-state index contributed by atoms with van der Waals surface area (Å²) in [6, 6.07) is 18.0. The highest BCUT2D eigenvalue weighted by Crippen LogP contribution is 2.11. The van der Waals surface area contributed by atoms with Crippen LogP contribution in [0.2, 0.25) is 0 Å². The smallest absolute Gasteiger partial charge is 0.408 e. The van der Waals surface area contributed by atoms with Gasteiger partial charge in [0.05, 0.1) is 0 Å². The van der Waals surface area contributed by atoms with E-state index in [-0.39, 0.29) is 12.5 Å². The van der Waals surface area contributed by atoms with E-state index in [1.165, 1.54) is 4.90 Å². The zero-order valence-corrected chi connectivity index (χ0v) is 17.3. The second-order valence-corrected chi connectivity index (χ2v) is 7.34. The third kappa shape index (κ3) is 6.22. The maximum atomic E-state index is 13.1. The van der Waals surface area contributed by atoms with Crippen LogP contribution in [0.15, 0.2) is 60.7 Å². The van der Waals surface area contributed by atoms with Gasteiger partial charge in [-0.3, -0.25) is 9.59 Å². The van der Waals surface area contributed by atoms with Crippen molar-refractivity contribution in [1.82, 2.24) is 15.1 Å². The molecule has 1 N–H and O–H groups in total. The summed E-state index contributed by atoms with van der Waals surface area (Å²) in [5, 5.41) is 2.19. The minimum atomic E-state index is -0.770. The first-order chi connectivity index (χ1) is 14.5. The normalized spacial score (nSPS) is 14.7. The van der Waals surface area contributed by atoms with Crippen LogP contribution in [0.25, 0.3) is 0 Å². The Labute approximate surface area is 180 Å². The van der Waals surface area contributed by atoms with Crippen molar-refractivity contribution in [1.29, 1.82) is 0 Å². The summed E-state index contributed by atoms with van der Waals surface area (Å²) < 4.78 is 5.29. The number of alkyl carbamates (subject to hydrolysis) is 1. The van der Waals surface area contributed by atoms with Crippen molar-refractivity contribution in [3.63, 3.8) is 0 Å². The Bertz CT molecular complexity index is 855. The first-order valence-electron chi connectivity index (χ1n) is 9.77. The Hall–Kier alpha value is -3.06. The lowest BCUT2D eigenvalue weighted by Crippen LogP contribution is -2.55. The van der Waals surface area contributed by atoms with Gasteiger partial charge in [-0.15, -0.1) is 0 Å². The fourth-order valence-electron chi connectivity index (χ4n) is 3.28. The molecule has 2 aromatic rings. The van der Waals surface area contributed by atoms with Gasteiger partial charge in [0.15, 0.2) is 0 Å². The van der Waals surface area contributed by atoms with Gasteiger partial charge in [0.2, 0.25) is 5.91 Å². The van der Waals surface area contributed by atoms with Crippen molar-refractivity contribution >= 4 is 29.0 Å². The van der Waals surface area contributed by atoms with Gasteiger partial charge in [0, 0.05) is 32.6 Å². The lowest BCUT2D eigenvalue weighted by Gasteiger charge is -2.35. The van der Waals surface area contributed by atoms with Crippen LogP contribution in [0, 0.1) is 0 Å². The maximum absolute atomic E-state index is 13.1. The number of carbonyl (C=O) groups is 3. The second-order valence-electron chi connectivity index (χ2n) is 7.01. The van der Waals surface area contributed by atoms with Gasteiger partial charge < -0.3 is 19.9 Å². The van der Waals surface area contributed by atoms with Gasteiger partial charge in [-0.25, -0.2) is 4.79 Å². The van der Waals surface area contributed by atoms with Gasteiger partial charge in [-0.1, -0.05) is 60.7 Å². The summed E-state index contributed by atoms with van der Waals surface area (Å²) >= 11 is 5.52. The summed E-state index contributed by atoms with van der Waals surface area (Å²) in [6.07, 6.45) is -0.308. The summed E-state index contributed by atoms with van der Waals surface area (Å²) in [6.45, 7) is 1.58. The van der Waals surface area contributed by atoms with Crippen LogP contribution >= 0.6 is 11.6 Å². The van der Waals surface area contributed by atoms with Gasteiger partial charge in [0.1, 0.15) is 12.6 Å². The Morgan fingerprint density at radius 2 is 1.40 bits per heavy atom. The van der Waals surface area contributed by atoms with Crippen molar-refractivity contribution in [2.24, 2.45) is 0 Å². The second kappa shape index (κ2) is 10.6. The van der Waals surface area contributed by atoms with E-state index in [0.29, 0.717) is 32.6 Å². The highest BCUT2D eigenvalue weighted by molar-refractivity contribution is 6.62. The Morgan fingerprint density at radius 1 is 0.867 bits per heavy atom. The minimum Gasteiger partial charge on any atom is -0.445 e. The number of nitrogens with zero attached hydrogens (tertiary/aromatic N) is 2. The van der Waals surface area contributed by atoms with Crippen LogP contribution < -0.4 is 5.32 Å². The van der Waals surface area contributed by atoms with Crippen molar-refractivity contribution in [3.05, 3.63) is 71.8 Å². The first kappa shape index (κ1) is 21.6. The minimum absolute atomic E-state index is 0.120. The zero-order valence-electron chi connectivity index (χ0n) is 16.5. The van der Waals surface area contributed by atoms with E-state index in [1.54, 1.807) is 4.90 Å². The van der Waals surface area contributed by atoms with Crippen LogP contribution in [0.5, 0.6) is 0 Å². The predicted molar refractivity (Wildman–Crippen MR) is 113 cm³/mol. The van der Waals surface area contributed by atoms with E-state index >= 15 is 0 Å². The first-order valence-corrected chi connectivity index (χ1v) is 10.1. The average molecular weight is 430 g/mol. The molecule has 0 bridgehead atoms. The number of ether oxygens (including phenoxy) is 1. The molecule has 1 heterocycles. The van der Waals surface area contributed by atoms with Crippen molar-refractivity contribution in [3.8, 4) is 0 Å². The quantitative estimate of drug-likeness (QED) is 0.565. The van der Waals surface area contributed by atoms with Gasteiger partial charge in [-0.2, -0.15) is 0 Å². The van der Waals surface area contributed by atoms with Crippen LogP contribution in [0.3, 0.4) is 0 Å². The van der Waals surface area contributed by atoms with Crippen LogP contribution in [-0.2, 0) is 22.6 Å². The molecule has 1 aliphatic heterocycles. The number of carbonyl (C=O) groups excluding carboxylic acids is 3. The Kier molecular flexibility index (Phi) is 7.68. The van der Waals surface area contributed by atoms with E-state index in [4.69, 9.17) is 16.3 Å². The summed E-state index contributed by atoms with van der Waals surface area (Å²) in [5.74, 6) is -0.211. The summed E-state index contributed by atoms with van der Waals surface area (Å²) in [7, 11) is 0. The highest BCUT2D eigenvalue weighted by atomic mass is 35.5. The number of hydrogen-bond donors (Lipinski definition) is 1. The zero-order chi connectivity index (χ0) is 21.3. The van der Waals surface area contributed by atoms with Gasteiger partial charge >= 0.3 is 11.5 Å². The maximum Gasteiger partial charge on any atom is 0.408 e. The third-order valence-corrected chi connectivity index (χ3v) is 5.16. The average Bonchev–Trinajstić information content (AvgIpc) is 2.78. The summed E-state index contributed by atoms with van der Waals surface area (Å²) in [4.78, 5) is 39.9. The molecule has 0 unspecified atom stereocenters. The van der Waals surface area contributed by atoms with E-state index in [1.807, 2.05) is 60.7 Å². The monoisotopic (exact) mass is 429 g/mol. The molecule has 0 aromatic heterocycles. The fourth-order valence-corrected chi connectivity index (χ4v) is 3.45. The number of halogens is 1. The molecule has 0 saturated carbocycles. The van der Waals surface area contributed by atoms with E-state index in [2.05, 4.69) is 5.32 Å². The number of hydrogen-bond acceptors (Lipinski definition) is 4. The lowest BCUT2D eigenvalue weighted by molar-refractivity contribution is -0.134. The molecule has 0 radical (unpaired) electrons. The van der Waals surface area contributed by atoms with Crippen molar-refractivity contribution in [2.75, 3.05) is 26.2 Å². The van der Waals surface area contributed by atoms with Crippen LogP contribution in [-0.4, -0.2) is 59.4 Å².